The van der Waals surface area contributed by atoms with Crippen LogP contribution in [0.25, 0.3) is 11.0 Å². The first-order valence-corrected chi connectivity index (χ1v) is 5.09. The number of H-pyrrole nitrogens is 1. The Morgan fingerprint density at radius 2 is 2.09 bits per heavy atom. The van der Waals surface area contributed by atoms with Crippen molar-refractivity contribution >= 4 is 56.2 Å². The molecule has 0 unspecified atom stereocenters. The summed E-state index contributed by atoms with van der Waals surface area (Å²) in [7, 11) is 0. The molecule has 0 radical (unpaired) electrons. The predicted octanol–water partition coefficient (Wildman–Crippen LogP) is 2.17. The van der Waals surface area contributed by atoms with Crippen molar-refractivity contribution in [3.63, 3.8) is 0 Å². The molecule has 2 aromatic rings. The largest absolute Gasteiger partial charge is 0.344 e. The highest BCUT2D eigenvalue weighted by atomic mass is 127. The van der Waals surface area contributed by atoms with Crippen LogP contribution in [-0.4, -0.2) is 15.2 Å². The molecular formula is C6H3I2N3. The van der Waals surface area contributed by atoms with Gasteiger partial charge in [0.25, 0.3) is 0 Å². The number of halogens is 2. The van der Waals surface area contributed by atoms with Crippen molar-refractivity contribution in [1.29, 1.82) is 0 Å². The minimum Gasteiger partial charge on any atom is -0.344 e. The first-order valence-electron chi connectivity index (χ1n) is 2.93. The lowest BCUT2D eigenvalue weighted by molar-refractivity contribution is 1.03. The van der Waals surface area contributed by atoms with Crippen molar-refractivity contribution in [3.05, 3.63) is 19.5 Å². The van der Waals surface area contributed by atoms with Crippen LogP contribution >= 0.6 is 45.2 Å². The fourth-order valence-corrected chi connectivity index (χ4v) is 1.85. The molecule has 0 atom stereocenters. The molecule has 0 bridgehead atoms. The van der Waals surface area contributed by atoms with Gasteiger partial charge in [0.2, 0.25) is 0 Å². The average Bonchev–Trinajstić information content (AvgIpc) is 2.33. The van der Waals surface area contributed by atoms with E-state index in [1.54, 1.807) is 0 Å². The number of fused-ring (bicyclic) bond motifs is 1. The van der Waals surface area contributed by atoms with Crippen LogP contribution in [0.15, 0.2) is 12.3 Å². The standard InChI is InChI=1S/C6H3I2N3/c7-4-2-9-6-3(4)1-5(8)10-11-6/h1-2H,(H,9,11). The highest BCUT2D eigenvalue weighted by molar-refractivity contribution is 14.1. The van der Waals surface area contributed by atoms with Crippen molar-refractivity contribution in [2.45, 2.75) is 0 Å². The van der Waals surface area contributed by atoms with E-state index in [0.717, 1.165) is 14.7 Å². The second-order valence-corrected chi connectivity index (χ2v) is 4.33. The maximum absolute atomic E-state index is 3.98. The Labute approximate surface area is 90.3 Å². The van der Waals surface area contributed by atoms with Gasteiger partial charge in [-0.2, -0.15) is 0 Å². The van der Waals surface area contributed by atoms with Crippen molar-refractivity contribution < 1.29 is 0 Å². The monoisotopic (exact) mass is 371 g/mol. The van der Waals surface area contributed by atoms with Gasteiger partial charge in [0, 0.05) is 15.2 Å². The van der Waals surface area contributed by atoms with Crippen molar-refractivity contribution in [3.8, 4) is 0 Å². The summed E-state index contributed by atoms with van der Waals surface area (Å²) in [4.78, 5) is 3.03. The molecule has 1 N–H and O–H groups in total. The number of rotatable bonds is 0. The second-order valence-electron chi connectivity index (χ2n) is 2.07. The zero-order valence-electron chi connectivity index (χ0n) is 5.31. The molecule has 2 rings (SSSR count). The Kier molecular flexibility index (Phi) is 2.00. The first-order chi connectivity index (χ1) is 5.27. The van der Waals surface area contributed by atoms with Crippen molar-refractivity contribution in [2.75, 3.05) is 0 Å². The molecule has 0 amide bonds. The molecule has 0 spiro atoms. The van der Waals surface area contributed by atoms with Gasteiger partial charge in [0.05, 0.1) is 0 Å². The van der Waals surface area contributed by atoms with Crippen LogP contribution in [0.2, 0.25) is 0 Å². The summed E-state index contributed by atoms with van der Waals surface area (Å²) in [6.45, 7) is 0. The molecule has 0 aliphatic heterocycles. The van der Waals surface area contributed by atoms with Gasteiger partial charge < -0.3 is 4.98 Å². The molecule has 0 fully saturated rings. The lowest BCUT2D eigenvalue weighted by atomic mass is 10.4. The molecule has 0 saturated heterocycles. The van der Waals surface area contributed by atoms with Crippen LogP contribution < -0.4 is 0 Å². The molecule has 0 aliphatic rings. The summed E-state index contributed by atoms with van der Waals surface area (Å²) < 4.78 is 2.11. The number of hydrogen-bond donors (Lipinski definition) is 1. The Balaban J connectivity index is 2.87. The normalized spacial score (nSPS) is 10.7. The molecule has 0 saturated carbocycles. The van der Waals surface area contributed by atoms with Gasteiger partial charge in [0.1, 0.15) is 3.70 Å². The van der Waals surface area contributed by atoms with E-state index in [2.05, 4.69) is 60.4 Å². The van der Waals surface area contributed by atoms with Crippen LogP contribution in [0, 0.1) is 7.27 Å². The van der Waals surface area contributed by atoms with Gasteiger partial charge in [0.15, 0.2) is 5.65 Å². The number of nitrogens with one attached hydrogen (secondary N) is 1. The van der Waals surface area contributed by atoms with E-state index in [-0.39, 0.29) is 0 Å². The molecule has 5 heteroatoms. The summed E-state index contributed by atoms with van der Waals surface area (Å²) in [5.74, 6) is 0. The topological polar surface area (TPSA) is 41.6 Å². The minimum absolute atomic E-state index is 0.856. The van der Waals surface area contributed by atoms with Gasteiger partial charge in [-0.25, -0.2) is 0 Å². The van der Waals surface area contributed by atoms with Gasteiger partial charge >= 0.3 is 0 Å². The second kappa shape index (κ2) is 2.85. The summed E-state index contributed by atoms with van der Waals surface area (Å²) in [5.41, 5.74) is 0.856. The van der Waals surface area contributed by atoms with Crippen LogP contribution in [0.3, 0.4) is 0 Å². The maximum Gasteiger partial charge on any atom is 0.161 e. The van der Waals surface area contributed by atoms with E-state index in [1.807, 2.05) is 12.3 Å². The minimum atomic E-state index is 0.856. The van der Waals surface area contributed by atoms with Gasteiger partial charge in [-0.1, -0.05) is 0 Å². The fraction of sp³-hybridized carbons (Fsp3) is 0. The van der Waals surface area contributed by atoms with E-state index in [0.29, 0.717) is 0 Å². The van der Waals surface area contributed by atoms with Crippen molar-refractivity contribution in [2.24, 2.45) is 0 Å². The van der Waals surface area contributed by atoms with Crippen LogP contribution in [-0.2, 0) is 0 Å². The van der Waals surface area contributed by atoms with E-state index in [9.17, 15) is 0 Å². The van der Waals surface area contributed by atoms with Crippen LogP contribution in [0.5, 0.6) is 0 Å². The third-order valence-electron chi connectivity index (χ3n) is 1.36. The zero-order chi connectivity index (χ0) is 7.84. The number of aromatic amines is 1. The highest BCUT2D eigenvalue weighted by Crippen LogP contribution is 2.18. The van der Waals surface area contributed by atoms with Gasteiger partial charge in [-0.05, 0) is 51.2 Å². The third kappa shape index (κ3) is 1.35. The predicted molar refractivity (Wildman–Crippen MR) is 59.3 cm³/mol. The smallest absolute Gasteiger partial charge is 0.161 e. The van der Waals surface area contributed by atoms with Crippen LogP contribution in [0.4, 0.5) is 0 Å². The van der Waals surface area contributed by atoms with Crippen LogP contribution in [0.1, 0.15) is 0 Å². The lowest BCUT2D eigenvalue weighted by Gasteiger charge is -1.88. The Bertz CT molecular complexity index is 396. The quantitative estimate of drug-likeness (QED) is 0.722. The molecule has 0 aromatic carbocycles. The van der Waals surface area contributed by atoms with Gasteiger partial charge in [-0.15, -0.1) is 10.2 Å². The summed E-state index contributed by atoms with van der Waals surface area (Å²) in [5, 5.41) is 9.05. The SMILES string of the molecule is Ic1cc2c(I)c[nH]c2nn1. The molecule has 3 nitrogen and oxygen atoms in total. The Hall–Kier alpha value is 0.0800. The molecule has 2 aromatic heterocycles. The van der Waals surface area contributed by atoms with E-state index < -0.39 is 0 Å². The summed E-state index contributed by atoms with van der Waals surface area (Å²) in [6.07, 6.45) is 1.93. The molecule has 56 valence electrons. The zero-order valence-corrected chi connectivity index (χ0v) is 9.62. The number of nitrogens with zero attached hydrogens (tertiary/aromatic N) is 2. The number of aromatic nitrogens is 3. The Morgan fingerprint density at radius 3 is 2.91 bits per heavy atom. The van der Waals surface area contributed by atoms with E-state index in [4.69, 9.17) is 0 Å². The van der Waals surface area contributed by atoms with E-state index >= 15 is 0 Å². The van der Waals surface area contributed by atoms with Crippen molar-refractivity contribution in [1.82, 2.24) is 15.2 Å². The summed E-state index contributed by atoms with van der Waals surface area (Å²) >= 11 is 4.42. The lowest BCUT2D eigenvalue weighted by Crippen LogP contribution is -1.85. The van der Waals surface area contributed by atoms with E-state index in [1.165, 1.54) is 3.57 Å². The Morgan fingerprint density at radius 1 is 1.27 bits per heavy atom. The number of hydrogen-bond acceptors (Lipinski definition) is 2. The molecular weight excluding hydrogens is 368 g/mol. The summed E-state index contributed by atoms with van der Waals surface area (Å²) in [6, 6.07) is 2.02. The molecule has 2 heterocycles. The van der Waals surface area contributed by atoms with Gasteiger partial charge in [-0.3, -0.25) is 0 Å². The molecule has 0 aliphatic carbocycles. The highest BCUT2D eigenvalue weighted by Gasteiger charge is 2.01. The molecule has 11 heavy (non-hydrogen) atoms. The third-order valence-corrected chi connectivity index (χ3v) is 2.78. The average molecular weight is 371 g/mol. The maximum atomic E-state index is 3.98. The fourth-order valence-electron chi connectivity index (χ4n) is 0.866. The first kappa shape index (κ1) is 7.71.